The minimum atomic E-state index is -4.73. The van der Waals surface area contributed by atoms with Crippen LogP contribution >= 0.6 is 0 Å². The number of hydrogen-bond acceptors (Lipinski definition) is 4. The summed E-state index contributed by atoms with van der Waals surface area (Å²) < 4.78 is 41.6. The summed E-state index contributed by atoms with van der Waals surface area (Å²) in [7, 11) is 0. The normalized spacial score (nSPS) is 12.3. The number of halogens is 3. The molecule has 0 amide bonds. The van der Waals surface area contributed by atoms with E-state index in [2.05, 4.69) is 38.2 Å². The maximum absolute atomic E-state index is 12.1. The largest absolute Gasteiger partial charge is 0.572 e. The van der Waals surface area contributed by atoms with Crippen molar-refractivity contribution >= 4 is 5.70 Å². The number of alkyl halides is 3. The Kier molecular flexibility index (Phi) is 5.74. The van der Waals surface area contributed by atoms with Gasteiger partial charge in [0.1, 0.15) is 11.5 Å². The molecule has 5 nitrogen and oxygen atoms in total. The van der Waals surface area contributed by atoms with Crippen LogP contribution < -0.4 is 0 Å². The summed E-state index contributed by atoms with van der Waals surface area (Å²) in [5, 5.41) is 4.20. The van der Waals surface area contributed by atoms with Gasteiger partial charge in [0.05, 0.1) is 5.70 Å². The van der Waals surface area contributed by atoms with Crippen LogP contribution in [0.2, 0.25) is 0 Å². The molecule has 0 fully saturated rings. The quantitative estimate of drug-likeness (QED) is 0.483. The monoisotopic (exact) mass is 346 g/mol. The standard InChI is InChI=1S/C17H13F3N4O/c1-3-15(7-5-13(2)25-17(18,19)20)24-12-9-14(23-24)6-8-16-21-10-4-11-22-16/h3-5,7,9-12H,1H2,2H3/b13-5+,15-7+. The first-order chi connectivity index (χ1) is 11.9. The van der Waals surface area contributed by atoms with Crippen molar-refractivity contribution in [1.82, 2.24) is 19.7 Å². The number of nitrogens with zero attached hydrogens (tertiary/aromatic N) is 4. The van der Waals surface area contributed by atoms with Crippen molar-refractivity contribution in [2.24, 2.45) is 0 Å². The van der Waals surface area contributed by atoms with E-state index in [1.54, 1.807) is 30.7 Å². The van der Waals surface area contributed by atoms with Crippen LogP contribution in [0.1, 0.15) is 18.4 Å². The zero-order valence-corrected chi connectivity index (χ0v) is 13.2. The molecule has 0 bridgehead atoms. The molecule has 0 saturated carbocycles. The fraction of sp³-hybridized carbons (Fsp3) is 0.118. The van der Waals surface area contributed by atoms with E-state index in [9.17, 15) is 13.2 Å². The Bertz CT molecular complexity index is 855. The summed E-state index contributed by atoms with van der Waals surface area (Å²) in [6, 6.07) is 3.33. The van der Waals surface area contributed by atoms with Crippen molar-refractivity contribution in [3.63, 3.8) is 0 Å². The highest BCUT2D eigenvalue weighted by Crippen LogP contribution is 2.20. The van der Waals surface area contributed by atoms with Gasteiger partial charge in [-0.3, -0.25) is 0 Å². The van der Waals surface area contributed by atoms with Crippen LogP contribution in [0.4, 0.5) is 13.2 Å². The van der Waals surface area contributed by atoms with Crippen LogP contribution in [0, 0.1) is 11.8 Å². The first-order valence-electron chi connectivity index (χ1n) is 6.99. The molecule has 0 aromatic carbocycles. The zero-order chi connectivity index (χ0) is 18.3. The van der Waals surface area contributed by atoms with Crippen LogP contribution in [0.5, 0.6) is 0 Å². The van der Waals surface area contributed by atoms with Gasteiger partial charge in [-0.15, -0.1) is 13.2 Å². The van der Waals surface area contributed by atoms with E-state index in [4.69, 9.17) is 0 Å². The zero-order valence-electron chi connectivity index (χ0n) is 13.2. The molecule has 2 aromatic rings. The summed E-state index contributed by atoms with van der Waals surface area (Å²) >= 11 is 0. The van der Waals surface area contributed by atoms with E-state index in [1.165, 1.54) is 29.8 Å². The Labute approximate surface area is 142 Å². The highest BCUT2D eigenvalue weighted by atomic mass is 19.4. The van der Waals surface area contributed by atoms with E-state index in [0.29, 0.717) is 17.2 Å². The van der Waals surface area contributed by atoms with E-state index in [1.807, 2.05) is 0 Å². The summed E-state index contributed by atoms with van der Waals surface area (Å²) in [4.78, 5) is 7.94. The third-order valence-corrected chi connectivity index (χ3v) is 2.70. The van der Waals surface area contributed by atoms with E-state index in [-0.39, 0.29) is 5.76 Å². The summed E-state index contributed by atoms with van der Waals surface area (Å²) in [5.41, 5.74) is 0.904. The minimum absolute atomic E-state index is 0.305. The second kappa shape index (κ2) is 7.97. The predicted molar refractivity (Wildman–Crippen MR) is 85.6 cm³/mol. The molecular formula is C17H13F3N4O. The van der Waals surface area contributed by atoms with Crippen LogP contribution in [0.3, 0.4) is 0 Å². The van der Waals surface area contributed by atoms with Crippen molar-refractivity contribution in [3.05, 3.63) is 72.8 Å². The molecule has 2 rings (SSSR count). The molecule has 25 heavy (non-hydrogen) atoms. The third kappa shape index (κ3) is 5.99. The molecule has 0 aliphatic heterocycles. The van der Waals surface area contributed by atoms with Gasteiger partial charge in [0.15, 0.2) is 0 Å². The van der Waals surface area contributed by atoms with Gasteiger partial charge >= 0.3 is 6.36 Å². The van der Waals surface area contributed by atoms with Gasteiger partial charge in [-0.25, -0.2) is 14.6 Å². The second-order valence-electron chi connectivity index (χ2n) is 4.59. The lowest BCUT2D eigenvalue weighted by molar-refractivity contribution is -0.305. The van der Waals surface area contributed by atoms with Crippen LogP contribution in [0.15, 0.2) is 61.3 Å². The highest BCUT2D eigenvalue weighted by Gasteiger charge is 2.30. The molecule has 0 radical (unpaired) electrons. The van der Waals surface area contributed by atoms with Gasteiger partial charge in [0.25, 0.3) is 0 Å². The van der Waals surface area contributed by atoms with Crippen LogP contribution in [-0.2, 0) is 4.74 Å². The Hall–Kier alpha value is -3.34. The van der Waals surface area contributed by atoms with Crippen molar-refractivity contribution in [3.8, 4) is 11.8 Å². The average molecular weight is 346 g/mol. The lowest BCUT2D eigenvalue weighted by Crippen LogP contribution is -2.11. The van der Waals surface area contributed by atoms with Crippen molar-refractivity contribution in [1.29, 1.82) is 0 Å². The predicted octanol–water partition coefficient (Wildman–Crippen LogP) is 3.54. The van der Waals surface area contributed by atoms with E-state index >= 15 is 0 Å². The van der Waals surface area contributed by atoms with Crippen molar-refractivity contribution in [2.45, 2.75) is 13.3 Å². The summed E-state index contributed by atoms with van der Waals surface area (Å²) in [6.07, 6.45) is 4.06. The maximum Gasteiger partial charge on any atom is 0.572 e. The van der Waals surface area contributed by atoms with E-state index < -0.39 is 6.36 Å². The van der Waals surface area contributed by atoms with Crippen molar-refractivity contribution in [2.75, 3.05) is 0 Å². The van der Waals surface area contributed by atoms with Crippen LogP contribution in [-0.4, -0.2) is 26.1 Å². The Morgan fingerprint density at radius 1 is 1.24 bits per heavy atom. The van der Waals surface area contributed by atoms with Crippen molar-refractivity contribution < 1.29 is 17.9 Å². The minimum Gasteiger partial charge on any atom is -0.411 e. The molecule has 0 atom stereocenters. The van der Waals surface area contributed by atoms with Gasteiger partial charge < -0.3 is 4.74 Å². The molecular weight excluding hydrogens is 333 g/mol. The Morgan fingerprint density at radius 3 is 2.60 bits per heavy atom. The third-order valence-electron chi connectivity index (χ3n) is 2.70. The molecule has 0 saturated heterocycles. The Balaban J connectivity index is 2.16. The van der Waals surface area contributed by atoms with Gasteiger partial charge in [0, 0.05) is 18.6 Å². The van der Waals surface area contributed by atoms with Gasteiger partial charge in [-0.2, -0.15) is 5.10 Å². The SMILES string of the molecule is C=C/C(=C\C=C(/C)OC(F)(F)F)n1ccc(C#Cc2ncccn2)n1. The molecule has 0 spiro atoms. The highest BCUT2D eigenvalue weighted by molar-refractivity contribution is 5.57. The van der Waals surface area contributed by atoms with Gasteiger partial charge in [0.2, 0.25) is 5.82 Å². The molecule has 0 aliphatic rings. The molecule has 2 heterocycles. The number of rotatable bonds is 4. The van der Waals surface area contributed by atoms with E-state index in [0.717, 1.165) is 0 Å². The molecule has 0 N–H and O–H groups in total. The maximum atomic E-state index is 12.1. The summed E-state index contributed by atoms with van der Waals surface area (Å²) in [6.45, 7) is 4.81. The Morgan fingerprint density at radius 2 is 1.96 bits per heavy atom. The second-order valence-corrected chi connectivity index (χ2v) is 4.59. The first-order valence-corrected chi connectivity index (χ1v) is 6.99. The van der Waals surface area contributed by atoms with Crippen LogP contribution in [0.25, 0.3) is 5.70 Å². The van der Waals surface area contributed by atoms with Gasteiger partial charge in [-0.05, 0) is 49.1 Å². The topological polar surface area (TPSA) is 52.8 Å². The first kappa shape index (κ1) is 18.0. The van der Waals surface area contributed by atoms with Gasteiger partial charge in [-0.1, -0.05) is 6.58 Å². The number of allylic oxidation sites excluding steroid dienone is 5. The lowest BCUT2D eigenvalue weighted by atomic mass is 10.3. The number of aromatic nitrogens is 4. The summed E-state index contributed by atoms with van der Waals surface area (Å²) in [5.74, 6) is 5.61. The molecule has 2 aromatic heterocycles. The lowest BCUT2D eigenvalue weighted by Gasteiger charge is -2.08. The smallest absolute Gasteiger partial charge is 0.411 e. The molecule has 8 heteroatoms. The molecule has 0 unspecified atom stereocenters. The molecule has 128 valence electrons. The number of ether oxygens (including phenoxy) is 1. The fourth-order valence-electron chi connectivity index (χ4n) is 1.68. The number of hydrogen-bond donors (Lipinski definition) is 0. The average Bonchev–Trinajstić information content (AvgIpc) is 3.02. The fourth-order valence-corrected chi connectivity index (χ4v) is 1.68. The molecule has 0 aliphatic carbocycles.